The Hall–Kier alpha value is -1.72. The fourth-order valence-corrected chi connectivity index (χ4v) is 2.71. The van der Waals surface area contributed by atoms with E-state index in [1.54, 1.807) is 24.3 Å². The van der Waals surface area contributed by atoms with Crippen LogP contribution in [-0.2, 0) is 4.79 Å². The Labute approximate surface area is 125 Å². The summed E-state index contributed by atoms with van der Waals surface area (Å²) in [5, 5.41) is 2.44. The maximum atomic E-state index is 12.0. The Bertz CT molecular complexity index is 490. The highest BCUT2D eigenvalue weighted by molar-refractivity contribution is 6.05. The molecule has 1 saturated heterocycles. The zero-order chi connectivity index (χ0) is 15.2. The van der Waals surface area contributed by atoms with Crippen LogP contribution in [0.1, 0.15) is 23.7 Å². The van der Waals surface area contributed by atoms with Gasteiger partial charge in [-0.15, -0.1) is 0 Å². The molecule has 114 valence electrons. The van der Waals surface area contributed by atoms with Gasteiger partial charge < -0.3 is 5.73 Å². The molecule has 21 heavy (non-hydrogen) atoms. The van der Waals surface area contributed by atoms with E-state index in [4.69, 9.17) is 5.73 Å². The molecule has 0 radical (unpaired) electrons. The van der Waals surface area contributed by atoms with Crippen LogP contribution < -0.4 is 11.1 Å². The largest absolute Gasteiger partial charge is 0.330 e. The number of nitrogens with one attached hydrogen (secondary N) is 1. The number of amides is 2. The lowest BCUT2D eigenvalue weighted by molar-refractivity contribution is -0.121. The topological polar surface area (TPSA) is 75.4 Å². The van der Waals surface area contributed by atoms with Gasteiger partial charge >= 0.3 is 0 Å². The van der Waals surface area contributed by atoms with Crippen LogP contribution in [-0.4, -0.2) is 42.9 Å². The van der Waals surface area contributed by atoms with Crippen molar-refractivity contribution in [2.75, 3.05) is 26.2 Å². The van der Waals surface area contributed by atoms with Gasteiger partial charge in [0.1, 0.15) is 0 Å². The van der Waals surface area contributed by atoms with Crippen LogP contribution in [0, 0.1) is 11.8 Å². The first kappa shape index (κ1) is 15.7. The molecule has 1 fully saturated rings. The van der Waals surface area contributed by atoms with Crippen LogP contribution in [0.3, 0.4) is 0 Å². The SMILES string of the molecule is CC1CCN(CC(=O)NC(=O)c2ccccc2)CC1CN. The van der Waals surface area contributed by atoms with Gasteiger partial charge in [0.15, 0.2) is 0 Å². The van der Waals surface area contributed by atoms with Crippen molar-refractivity contribution in [3.05, 3.63) is 35.9 Å². The normalized spacial score (nSPS) is 22.8. The van der Waals surface area contributed by atoms with E-state index >= 15 is 0 Å². The predicted octanol–water partition coefficient (Wildman–Crippen LogP) is 0.860. The summed E-state index contributed by atoms with van der Waals surface area (Å²) in [5.74, 6) is 0.423. The molecule has 1 aliphatic rings. The number of rotatable bonds is 4. The van der Waals surface area contributed by atoms with E-state index in [0.29, 0.717) is 23.9 Å². The number of hydrogen-bond donors (Lipinski definition) is 2. The Kier molecular flexibility index (Phi) is 5.47. The minimum Gasteiger partial charge on any atom is -0.330 e. The number of carbonyl (C=O) groups excluding carboxylic acids is 2. The first-order valence-electron chi connectivity index (χ1n) is 7.41. The molecule has 2 rings (SSSR count). The molecule has 0 saturated carbocycles. The van der Waals surface area contributed by atoms with E-state index in [1.165, 1.54) is 0 Å². The monoisotopic (exact) mass is 289 g/mol. The minimum absolute atomic E-state index is 0.252. The average molecular weight is 289 g/mol. The molecule has 1 aromatic rings. The van der Waals surface area contributed by atoms with Crippen molar-refractivity contribution < 1.29 is 9.59 Å². The van der Waals surface area contributed by atoms with Gasteiger partial charge in [-0.3, -0.25) is 19.8 Å². The lowest BCUT2D eigenvalue weighted by Gasteiger charge is -2.36. The second kappa shape index (κ2) is 7.33. The number of nitrogens with two attached hydrogens (primary N) is 1. The average Bonchev–Trinajstić information content (AvgIpc) is 2.50. The van der Waals surface area contributed by atoms with Crippen LogP contribution in [0.4, 0.5) is 0 Å². The molecular weight excluding hydrogens is 266 g/mol. The maximum absolute atomic E-state index is 12.0. The third-order valence-electron chi connectivity index (χ3n) is 4.16. The Morgan fingerprint density at radius 2 is 2.05 bits per heavy atom. The third-order valence-corrected chi connectivity index (χ3v) is 4.16. The summed E-state index contributed by atoms with van der Waals surface area (Å²) in [4.78, 5) is 25.9. The maximum Gasteiger partial charge on any atom is 0.257 e. The summed E-state index contributed by atoms with van der Waals surface area (Å²) in [6, 6.07) is 8.76. The molecule has 2 atom stereocenters. The van der Waals surface area contributed by atoms with Crippen LogP contribution in [0.25, 0.3) is 0 Å². The number of nitrogens with zero attached hydrogens (tertiary/aromatic N) is 1. The summed E-state index contributed by atoms with van der Waals surface area (Å²) in [7, 11) is 0. The standard InChI is InChI=1S/C16H23N3O2/c1-12-7-8-19(10-14(12)9-17)11-15(20)18-16(21)13-5-3-2-4-6-13/h2-6,12,14H,7-11,17H2,1H3,(H,18,20,21). The van der Waals surface area contributed by atoms with Gasteiger partial charge in [-0.05, 0) is 43.5 Å². The molecule has 1 aliphatic heterocycles. The third kappa shape index (κ3) is 4.37. The van der Waals surface area contributed by atoms with Crippen molar-refractivity contribution >= 4 is 11.8 Å². The van der Waals surface area contributed by atoms with Gasteiger partial charge in [-0.2, -0.15) is 0 Å². The Balaban J connectivity index is 1.83. The predicted molar refractivity (Wildman–Crippen MR) is 81.7 cm³/mol. The molecule has 5 nitrogen and oxygen atoms in total. The van der Waals surface area contributed by atoms with Gasteiger partial charge in [0.2, 0.25) is 5.91 Å². The summed E-state index contributed by atoms with van der Waals surface area (Å²) in [5.41, 5.74) is 6.26. The fraction of sp³-hybridized carbons (Fsp3) is 0.500. The summed E-state index contributed by atoms with van der Waals surface area (Å²) >= 11 is 0. The molecule has 0 aromatic heterocycles. The summed E-state index contributed by atoms with van der Waals surface area (Å²) < 4.78 is 0. The van der Waals surface area contributed by atoms with E-state index in [1.807, 2.05) is 6.07 Å². The molecular formula is C16H23N3O2. The minimum atomic E-state index is -0.346. The van der Waals surface area contributed by atoms with Crippen molar-refractivity contribution in [1.29, 1.82) is 0 Å². The number of piperidine rings is 1. The van der Waals surface area contributed by atoms with Crippen LogP contribution >= 0.6 is 0 Å². The number of imide groups is 1. The molecule has 2 unspecified atom stereocenters. The van der Waals surface area contributed by atoms with Crippen molar-refractivity contribution in [3.63, 3.8) is 0 Å². The van der Waals surface area contributed by atoms with Crippen LogP contribution in [0.5, 0.6) is 0 Å². The van der Waals surface area contributed by atoms with Gasteiger partial charge in [-0.25, -0.2) is 0 Å². The first-order chi connectivity index (χ1) is 10.1. The van der Waals surface area contributed by atoms with Crippen molar-refractivity contribution in [1.82, 2.24) is 10.2 Å². The van der Waals surface area contributed by atoms with Crippen LogP contribution in [0.2, 0.25) is 0 Å². The molecule has 1 aromatic carbocycles. The molecule has 1 heterocycles. The Morgan fingerprint density at radius 1 is 1.33 bits per heavy atom. The molecule has 0 bridgehead atoms. The van der Waals surface area contributed by atoms with E-state index in [2.05, 4.69) is 17.1 Å². The smallest absolute Gasteiger partial charge is 0.257 e. The van der Waals surface area contributed by atoms with E-state index < -0.39 is 0 Å². The lowest BCUT2D eigenvalue weighted by Crippen LogP contribution is -2.47. The van der Waals surface area contributed by atoms with Gasteiger partial charge in [0.25, 0.3) is 5.91 Å². The second-order valence-corrected chi connectivity index (χ2v) is 5.74. The zero-order valence-electron chi connectivity index (χ0n) is 12.4. The number of hydrogen-bond acceptors (Lipinski definition) is 4. The van der Waals surface area contributed by atoms with Crippen LogP contribution in [0.15, 0.2) is 30.3 Å². The van der Waals surface area contributed by atoms with Gasteiger partial charge in [-0.1, -0.05) is 25.1 Å². The zero-order valence-corrected chi connectivity index (χ0v) is 12.4. The number of carbonyl (C=O) groups is 2. The van der Waals surface area contributed by atoms with E-state index in [9.17, 15) is 9.59 Å². The molecule has 0 spiro atoms. The molecule has 5 heteroatoms. The van der Waals surface area contributed by atoms with Gasteiger partial charge in [0, 0.05) is 12.1 Å². The molecule has 2 amide bonds. The highest BCUT2D eigenvalue weighted by Crippen LogP contribution is 2.21. The summed E-state index contributed by atoms with van der Waals surface area (Å²) in [6.07, 6.45) is 1.04. The van der Waals surface area contributed by atoms with E-state index in [0.717, 1.165) is 19.5 Å². The molecule has 0 aliphatic carbocycles. The lowest BCUT2D eigenvalue weighted by atomic mass is 9.87. The highest BCUT2D eigenvalue weighted by atomic mass is 16.2. The quantitative estimate of drug-likeness (QED) is 0.862. The fourth-order valence-electron chi connectivity index (χ4n) is 2.71. The van der Waals surface area contributed by atoms with Crippen molar-refractivity contribution in [3.8, 4) is 0 Å². The number of likely N-dealkylation sites (tertiary alicyclic amines) is 1. The first-order valence-corrected chi connectivity index (χ1v) is 7.41. The Morgan fingerprint density at radius 3 is 2.71 bits per heavy atom. The highest BCUT2D eigenvalue weighted by Gasteiger charge is 2.26. The van der Waals surface area contributed by atoms with Gasteiger partial charge in [0.05, 0.1) is 6.54 Å². The second-order valence-electron chi connectivity index (χ2n) is 5.74. The summed E-state index contributed by atoms with van der Waals surface area (Å²) in [6.45, 7) is 4.80. The molecule has 3 N–H and O–H groups in total. The van der Waals surface area contributed by atoms with Crippen molar-refractivity contribution in [2.24, 2.45) is 17.6 Å². The number of benzene rings is 1. The van der Waals surface area contributed by atoms with E-state index in [-0.39, 0.29) is 18.4 Å². The van der Waals surface area contributed by atoms with Crippen molar-refractivity contribution in [2.45, 2.75) is 13.3 Å².